The molecule has 0 atom stereocenters. The second-order valence-corrected chi connectivity index (χ2v) is 10.1. The molecular weight excluding hydrogens is 422 g/mol. The number of hydrogen-bond acceptors (Lipinski definition) is 6. The summed E-state index contributed by atoms with van der Waals surface area (Å²) in [6, 6.07) is 7.40. The van der Waals surface area contributed by atoms with Crippen LogP contribution in [0.1, 0.15) is 81.1 Å². The molecule has 2 amide bonds. The van der Waals surface area contributed by atoms with Gasteiger partial charge >= 0.3 is 0 Å². The molecule has 0 saturated heterocycles. The zero-order valence-electron chi connectivity index (χ0n) is 19.7. The van der Waals surface area contributed by atoms with Crippen molar-refractivity contribution in [2.75, 3.05) is 6.79 Å². The van der Waals surface area contributed by atoms with Gasteiger partial charge in [0, 0.05) is 25.1 Å². The van der Waals surface area contributed by atoms with Gasteiger partial charge in [0.2, 0.25) is 12.7 Å². The highest BCUT2D eigenvalue weighted by Gasteiger charge is 2.29. The predicted octanol–water partition coefficient (Wildman–Crippen LogP) is 4.43. The Morgan fingerprint density at radius 2 is 1.85 bits per heavy atom. The van der Waals surface area contributed by atoms with Crippen LogP contribution in [-0.2, 0) is 17.9 Å². The van der Waals surface area contributed by atoms with Gasteiger partial charge in [-0.25, -0.2) is 0 Å². The number of ether oxygens (including phenoxy) is 2. The average Bonchev–Trinajstić information content (AvgIpc) is 3.44. The van der Waals surface area contributed by atoms with E-state index in [1.54, 1.807) is 6.07 Å². The Balaban J connectivity index is 1.38. The number of aromatic nitrogens is 1. The largest absolute Gasteiger partial charge is 0.454 e. The minimum absolute atomic E-state index is 0.0921. The zero-order valence-corrected chi connectivity index (χ0v) is 19.7. The van der Waals surface area contributed by atoms with Crippen molar-refractivity contribution in [1.29, 1.82) is 0 Å². The van der Waals surface area contributed by atoms with Crippen molar-refractivity contribution in [2.24, 2.45) is 5.41 Å². The molecule has 1 aromatic heterocycles. The number of rotatable bonds is 7. The topological polar surface area (TPSA) is 93.9 Å². The molecule has 2 aromatic rings. The summed E-state index contributed by atoms with van der Waals surface area (Å²) in [7, 11) is 0. The van der Waals surface area contributed by atoms with Gasteiger partial charge in [0.05, 0.1) is 6.54 Å². The van der Waals surface area contributed by atoms with Crippen LogP contribution in [0.4, 0.5) is 0 Å². The summed E-state index contributed by atoms with van der Waals surface area (Å²) in [6.07, 6.45) is 5.97. The Morgan fingerprint density at radius 3 is 2.61 bits per heavy atom. The van der Waals surface area contributed by atoms with E-state index in [0.29, 0.717) is 36.8 Å². The highest BCUT2D eigenvalue weighted by Crippen LogP contribution is 2.32. The van der Waals surface area contributed by atoms with Crippen molar-refractivity contribution in [3.63, 3.8) is 0 Å². The number of carbonyl (C=O) groups is 2. The number of hydrogen-bond donors (Lipinski definition) is 1. The Bertz CT molecular complexity index is 988. The van der Waals surface area contributed by atoms with Gasteiger partial charge in [0.15, 0.2) is 23.0 Å². The third kappa shape index (κ3) is 6.06. The van der Waals surface area contributed by atoms with E-state index >= 15 is 0 Å². The molecule has 1 aromatic carbocycles. The van der Waals surface area contributed by atoms with E-state index in [-0.39, 0.29) is 35.8 Å². The van der Waals surface area contributed by atoms with Crippen molar-refractivity contribution in [1.82, 2.24) is 15.4 Å². The Kier molecular flexibility index (Phi) is 6.91. The van der Waals surface area contributed by atoms with Crippen LogP contribution in [0, 0.1) is 5.41 Å². The number of benzene rings is 1. The summed E-state index contributed by atoms with van der Waals surface area (Å²) >= 11 is 0. The molecule has 33 heavy (non-hydrogen) atoms. The molecule has 8 nitrogen and oxygen atoms in total. The number of carbonyl (C=O) groups excluding carboxylic acids is 2. The second-order valence-electron chi connectivity index (χ2n) is 10.1. The molecule has 2 aliphatic rings. The normalized spacial score (nSPS) is 16.0. The van der Waals surface area contributed by atoms with Crippen LogP contribution >= 0.6 is 0 Å². The van der Waals surface area contributed by atoms with Crippen molar-refractivity contribution in [3.05, 3.63) is 41.3 Å². The summed E-state index contributed by atoms with van der Waals surface area (Å²) in [4.78, 5) is 27.6. The highest BCUT2D eigenvalue weighted by molar-refractivity contribution is 5.92. The lowest BCUT2D eigenvalue weighted by Crippen LogP contribution is -2.42. The number of nitrogens with one attached hydrogen (secondary N) is 1. The first kappa shape index (κ1) is 23.1. The highest BCUT2D eigenvalue weighted by atomic mass is 16.7. The smallest absolute Gasteiger partial charge is 0.273 e. The van der Waals surface area contributed by atoms with Crippen LogP contribution in [0.2, 0.25) is 0 Å². The van der Waals surface area contributed by atoms with Crippen LogP contribution < -0.4 is 14.8 Å². The van der Waals surface area contributed by atoms with Gasteiger partial charge in [-0.1, -0.05) is 51.3 Å². The van der Waals surface area contributed by atoms with E-state index in [9.17, 15) is 9.59 Å². The van der Waals surface area contributed by atoms with Crippen LogP contribution in [0.25, 0.3) is 0 Å². The van der Waals surface area contributed by atoms with E-state index in [1.807, 2.05) is 23.1 Å². The predicted molar refractivity (Wildman–Crippen MR) is 122 cm³/mol. The summed E-state index contributed by atoms with van der Waals surface area (Å²) in [5.74, 6) is 1.70. The Morgan fingerprint density at radius 1 is 1.09 bits per heavy atom. The number of nitrogens with zero attached hydrogens (tertiary/aromatic N) is 2. The number of amides is 2. The van der Waals surface area contributed by atoms with E-state index in [1.165, 1.54) is 6.42 Å². The van der Waals surface area contributed by atoms with Crippen LogP contribution in [-0.4, -0.2) is 34.7 Å². The Labute approximate surface area is 194 Å². The lowest BCUT2D eigenvalue weighted by molar-refractivity contribution is -0.137. The lowest BCUT2D eigenvalue weighted by atomic mass is 9.89. The zero-order chi connectivity index (χ0) is 23.4. The molecule has 178 valence electrons. The Hall–Kier alpha value is -3.03. The molecule has 0 unspecified atom stereocenters. The molecule has 1 saturated carbocycles. The van der Waals surface area contributed by atoms with Crippen LogP contribution in [0.15, 0.2) is 28.8 Å². The maximum absolute atomic E-state index is 13.1. The van der Waals surface area contributed by atoms with E-state index in [0.717, 1.165) is 31.2 Å². The van der Waals surface area contributed by atoms with Gasteiger partial charge in [-0.2, -0.15) is 0 Å². The molecule has 0 bridgehead atoms. The maximum Gasteiger partial charge on any atom is 0.273 e. The van der Waals surface area contributed by atoms with Crippen molar-refractivity contribution < 1.29 is 23.6 Å². The minimum atomic E-state index is -0.326. The van der Waals surface area contributed by atoms with Crippen LogP contribution in [0.3, 0.4) is 0 Å². The van der Waals surface area contributed by atoms with Gasteiger partial charge in [-0.3, -0.25) is 9.59 Å². The molecule has 0 spiro atoms. The standard InChI is InChI=1S/C25H33N3O5/c1-25(2,3)13-23(29)28(18-7-5-4-6-8-18)15-19-12-20(27-33-19)24(30)26-14-17-9-10-21-22(11-17)32-16-31-21/h9-12,18H,4-8,13-16H2,1-3H3,(H,26,30). The summed E-state index contributed by atoms with van der Waals surface area (Å²) in [5, 5.41) is 6.80. The summed E-state index contributed by atoms with van der Waals surface area (Å²) in [6.45, 7) is 7.09. The SMILES string of the molecule is CC(C)(C)CC(=O)N(Cc1cc(C(=O)NCc2ccc3c(c2)OCO3)no1)C1CCCCC1. The molecule has 0 radical (unpaired) electrons. The van der Waals surface area contributed by atoms with E-state index < -0.39 is 0 Å². The molecule has 1 aliphatic carbocycles. The fourth-order valence-electron chi connectivity index (χ4n) is 4.36. The first-order chi connectivity index (χ1) is 15.8. The number of fused-ring (bicyclic) bond motifs is 1. The third-order valence-corrected chi connectivity index (χ3v) is 6.03. The molecule has 4 rings (SSSR count). The summed E-state index contributed by atoms with van der Waals surface area (Å²) < 4.78 is 16.1. The molecule has 1 fully saturated rings. The van der Waals surface area contributed by atoms with Gasteiger partial charge in [-0.05, 0) is 36.0 Å². The lowest BCUT2D eigenvalue weighted by Gasteiger charge is -2.35. The van der Waals surface area contributed by atoms with Gasteiger partial charge < -0.3 is 24.2 Å². The van der Waals surface area contributed by atoms with Gasteiger partial charge in [0.25, 0.3) is 5.91 Å². The fraction of sp³-hybridized carbons (Fsp3) is 0.560. The maximum atomic E-state index is 13.1. The van der Waals surface area contributed by atoms with E-state index in [2.05, 4.69) is 31.2 Å². The first-order valence-electron chi connectivity index (χ1n) is 11.7. The average molecular weight is 456 g/mol. The van der Waals surface area contributed by atoms with Crippen molar-refractivity contribution in [3.8, 4) is 11.5 Å². The molecule has 8 heteroatoms. The van der Waals surface area contributed by atoms with E-state index in [4.69, 9.17) is 14.0 Å². The van der Waals surface area contributed by atoms with Gasteiger partial charge in [-0.15, -0.1) is 0 Å². The summed E-state index contributed by atoms with van der Waals surface area (Å²) in [5.41, 5.74) is 1.01. The minimum Gasteiger partial charge on any atom is -0.454 e. The third-order valence-electron chi connectivity index (χ3n) is 6.03. The first-order valence-corrected chi connectivity index (χ1v) is 11.7. The molecule has 2 heterocycles. The van der Waals surface area contributed by atoms with Crippen molar-refractivity contribution >= 4 is 11.8 Å². The van der Waals surface area contributed by atoms with Crippen molar-refractivity contribution in [2.45, 2.75) is 78.4 Å². The monoisotopic (exact) mass is 455 g/mol. The fourth-order valence-corrected chi connectivity index (χ4v) is 4.36. The van der Waals surface area contributed by atoms with Gasteiger partial charge in [0.1, 0.15) is 0 Å². The second kappa shape index (κ2) is 9.85. The molecule has 1 N–H and O–H groups in total. The van der Waals surface area contributed by atoms with Crippen LogP contribution in [0.5, 0.6) is 11.5 Å². The molecule has 1 aliphatic heterocycles. The molecular formula is C25H33N3O5. The quantitative estimate of drug-likeness (QED) is 0.664.